The normalized spacial score (nSPS) is 28.6. The van der Waals surface area contributed by atoms with Crippen LogP contribution in [0.3, 0.4) is 0 Å². The Hall–Kier alpha value is -0.670. The van der Waals surface area contributed by atoms with Crippen molar-refractivity contribution in [2.24, 2.45) is 23.7 Å². The third-order valence-electron chi connectivity index (χ3n) is 4.78. The summed E-state index contributed by atoms with van der Waals surface area (Å²) in [7, 11) is 0. The summed E-state index contributed by atoms with van der Waals surface area (Å²) in [6, 6.07) is 7.59. The zero-order valence-electron chi connectivity index (χ0n) is 12.7. The van der Waals surface area contributed by atoms with E-state index in [1.54, 1.807) is 12.1 Å². The minimum atomic E-state index is -1.86. The predicted molar refractivity (Wildman–Crippen MR) is 84.0 cm³/mol. The molecule has 4 unspecified atom stereocenters. The van der Waals surface area contributed by atoms with Gasteiger partial charge in [0.2, 0.25) is 0 Å². The summed E-state index contributed by atoms with van der Waals surface area (Å²) in [6.07, 6.45) is 5.13. The van der Waals surface area contributed by atoms with Crippen molar-refractivity contribution in [2.45, 2.75) is 51.3 Å². The van der Waals surface area contributed by atoms with Gasteiger partial charge >= 0.3 is 0 Å². The molecule has 3 heteroatoms. The van der Waals surface area contributed by atoms with E-state index in [1.807, 2.05) is 12.1 Å². The average molecular weight is 294 g/mol. The SMILES string of the molecule is CC1CCC(C(C)C)C(Cc2ccc(S(=O)O)cc2)C1. The monoisotopic (exact) mass is 294 g/mol. The van der Waals surface area contributed by atoms with Crippen LogP contribution in [0.1, 0.15) is 45.6 Å². The Kier molecular flexibility index (Phi) is 5.39. The van der Waals surface area contributed by atoms with E-state index in [1.165, 1.54) is 24.8 Å². The van der Waals surface area contributed by atoms with Crippen LogP contribution in [0.2, 0.25) is 0 Å². The molecule has 1 aromatic rings. The van der Waals surface area contributed by atoms with Crippen molar-refractivity contribution < 1.29 is 8.76 Å². The largest absolute Gasteiger partial charge is 0.302 e. The summed E-state index contributed by atoms with van der Waals surface area (Å²) in [5.41, 5.74) is 1.30. The minimum absolute atomic E-state index is 0.492. The number of benzene rings is 1. The molecule has 1 N–H and O–H groups in total. The first-order chi connectivity index (χ1) is 9.47. The highest BCUT2D eigenvalue weighted by atomic mass is 32.2. The second-order valence-corrected chi connectivity index (χ2v) is 7.65. The second kappa shape index (κ2) is 6.86. The maximum atomic E-state index is 11.0. The Bertz CT molecular complexity index is 453. The van der Waals surface area contributed by atoms with Gasteiger partial charge in [-0.3, -0.25) is 0 Å². The average Bonchev–Trinajstić information content (AvgIpc) is 2.39. The van der Waals surface area contributed by atoms with Crippen LogP contribution in [-0.4, -0.2) is 8.76 Å². The topological polar surface area (TPSA) is 37.3 Å². The molecule has 0 spiro atoms. The van der Waals surface area contributed by atoms with E-state index in [9.17, 15) is 4.21 Å². The molecule has 1 aliphatic carbocycles. The molecular formula is C17H26O2S. The van der Waals surface area contributed by atoms with Crippen LogP contribution in [0, 0.1) is 23.7 Å². The van der Waals surface area contributed by atoms with E-state index < -0.39 is 11.1 Å². The van der Waals surface area contributed by atoms with Gasteiger partial charge < -0.3 is 4.55 Å². The van der Waals surface area contributed by atoms with Crippen LogP contribution < -0.4 is 0 Å². The first-order valence-corrected chi connectivity index (χ1v) is 8.77. The number of rotatable bonds is 4. The zero-order valence-corrected chi connectivity index (χ0v) is 13.5. The van der Waals surface area contributed by atoms with Crippen molar-refractivity contribution in [1.82, 2.24) is 0 Å². The van der Waals surface area contributed by atoms with E-state index in [0.717, 1.165) is 30.1 Å². The summed E-state index contributed by atoms with van der Waals surface area (Å²) >= 11 is -1.86. The highest BCUT2D eigenvalue weighted by Gasteiger charge is 2.30. The van der Waals surface area contributed by atoms with Crippen molar-refractivity contribution >= 4 is 11.1 Å². The Morgan fingerprint density at radius 2 is 1.90 bits per heavy atom. The molecule has 0 radical (unpaired) electrons. The predicted octanol–water partition coefficient (Wildman–Crippen LogP) is 4.52. The van der Waals surface area contributed by atoms with Gasteiger partial charge in [0.05, 0.1) is 4.90 Å². The van der Waals surface area contributed by atoms with Gasteiger partial charge in [-0.05, 0) is 60.6 Å². The van der Waals surface area contributed by atoms with Crippen LogP contribution in [0.15, 0.2) is 29.2 Å². The quantitative estimate of drug-likeness (QED) is 0.829. The van der Waals surface area contributed by atoms with E-state index >= 15 is 0 Å². The first-order valence-electron chi connectivity index (χ1n) is 7.67. The van der Waals surface area contributed by atoms with Crippen LogP contribution in [0.4, 0.5) is 0 Å². The standard InChI is InChI=1S/C17H26O2S/c1-12(2)17-9-4-13(3)10-15(17)11-14-5-7-16(8-6-14)20(18)19/h5-8,12-13,15,17H,4,9-11H2,1-3H3,(H,18,19). The van der Waals surface area contributed by atoms with Gasteiger partial charge in [0.1, 0.15) is 0 Å². The third kappa shape index (κ3) is 3.92. The van der Waals surface area contributed by atoms with Crippen molar-refractivity contribution in [2.75, 3.05) is 0 Å². The minimum Gasteiger partial charge on any atom is -0.302 e. The van der Waals surface area contributed by atoms with Crippen LogP contribution in [-0.2, 0) is 17.5 Å². The molecule has 1 fully saturated rings. The summed E-state index contributed by atoms with van der Waals surface area (Å²) in [4.78, 5) is 0.492. The lowest BCUT2D eigenvalue weighted by Gasteiger charge is -2.37. The molecule has 1 aliphatic rings. The van der Waals surface area contributed by atoms with Crippen LogP contribution >= 0.6 is 0 Å². The Labute approximate surface area is 125 Å². The Morgan fingerprint density at radius 1 is 1.25 bits per heavy atom. The molecule has 0 heterocycles. The summed E-state index contributed by atoms with van der Waals surface area (Å²) in [5, 5.41) is 0. The van der Waals surface area contributed by atoms with Crippen LogP contribution in [0.5, 0.6) is 0 Å². The smallest absolute Gasteiger partial charge is 0.186 e. The number of hydrogen-bond donors (Lipinski definition) is 1. The summed E-state index contributed by atoms with van der Waals surface area (Å²) in [6.45, 7) is 7.04. The molecule has 2 rings (SSSR count). The Balaban J connectivity index is 2.07. The molecule has 2 nitrogen and oxygen atoms in total. The molecule has 1 saturated carbocycles. The molecule has 0 bridgehead atoms. The summed E-state index contributed by atoms with van der Waals surface area (Å²) in [5.74, 6) is 3.15. The maximum absolute atomic E-state index is 11.0. The fourth-order valence-electron chi connectivity index (χ4n) is 3.68. The van der Waals surface area contributed by atoms with Crippen molar-refractivity contribution in [3.8, 4) is 0 Å². The molecule has 0 amide bonds. The molecule has 0 aromatic heterocycles. The van der Waals surface area contributed by atoms with Gasteiger partial charge in [-0.25, -0.2) is 4.21 Å². The van der Waals surface area contributed by atoms with E-state index in [2.05, 4.69) is 20.8 Å². The first kappa shape index (κ1) is 15.7. The van der Waals surface area contributed by atoms with Gasteiger partial charge in [0.15, 0.2) is 11.1 Å². The highest BCUT2D eigenvalue weighted by Crippen LogP contribution is 2.39. The molecule has 0 saturated heterocycles. The van der Waals surface area contributed by atoms with Crippen LogP contribution in [0.25, 0.3) is 0 Å². The van der Waals surface area contributed by atoms with E-state index in [-0.39, 0.29) is 0 Å². The number of hydrogen-bond acceptors (Lipinski definition) is 1. The lowest BCUT2D eigenvalue weighted by atomic mass is 9.68. The molecule has 20 heavy (non-hydrogen) atoms. The third-order valence-corrected chi connectivity index (χ3v) is 5.46. The van der Waals surface area contributed by atoms with Gasteiger partial charge in [-0.1, -0.05) is 39.3 Å². The van der Waals surface area contributed by atoms with Crippen molar-refractivity contribution in [3.05, 3.63) is 29.8 Å². The van der Waals surface area contributed by atoms with Crippen molar-refractivity contribution in [3.63, 3.8) is 0 Å². The Morgan fingerprint density at radius 3 is 2.45 bits per heavy atom. The van der Waals surface area contributed by atoms with Crippen molar-refractivity contribution in [1.29, 1.82) is 0 Å². The maximum Gasteiger partial charge on any atom is 0.186 e. The molecule has 0 aliphatic heterocycles. The van der Waals surface area contributed by atoms with E-state index in [4.69, 9.17) is 4.55 Å². The van der Waals surface area contributed by atoms with Gasteiger partial charge in [-0.2, -0.15) is 0 Å². The molecule has 1 aromatic carbocycles. The lowest BCUT2D eigenvalue weighted by Crippen LogP contribution is -2.29. The molecule has 112 valence electrons. The zero-order chi connectivity index (χ0) is 14.7. The molecular weight excluding hydrogens is 268 g/mol. The molecule has 4 atom stereocenters. The summed E-state index contributed by atoms with van der Waals surface area (Å²) < 4.78 is 20.1. The fraction of sp³-hybridized carbons (Fsp3) is 0.647. The second-order valence-electron chi connectivity index (χ2n) is 6.68. The highest BCUT2D eigenvalue weighted by molar-refractivity contribution is 7.79. The van der Waals surface area contributed by atoms with E-state index in [0.29, 0.717) is 4.90 Å². The van der Waals surface area contributed by atoms with Gasteiger partial charge in [0, 0.05) is 0 Å². The van der Waals surface area contributed by atoms with Gasteiger partial charge in [0.25, 0.3) is 0 Å². The lowest BCUT2D eigenvalue weighted by molar-refractivity contribution is 0.144. The fourth-order valence-corrected chi connectivity index (χ4v) is 4.05. The van der Waals surface area contributed by atoms with Gasteiger partial charge in [-0.15, -0.1) is 0 Å².